The summed E-state index contributed by atoms with van der Waals surface area (Å²) in [7, 11) is 0. The number of hydrogen-bond donors (Lipinski definition) is 3. The third-order valence-corrected chi connectivity index (χ3v) is 3.05. The number of carboxylic acids is 1. The molecule has 1 aliphatic rings. The van der Waals surface area contributed by atoms with Crippen LogP contribution in [0.25, 0.3) is 0 Å². The van der Waals surface area contributed by atoms with Crippen LogP contribution in [0.1, 0.15) is 33.6 Å². The first kappa shape index (κ1) is 14.8. The predicted molar refractivity (Wildman–Crippen MR) is 66.4 cm³/mol. The van der Waals surface area contributed by atoms with E-state index in [2.05, 4.69) is 10.6 Å². The topological polar surface area (TPSA) is 87.7 Å². The number of amides is 2. The molecule has 1 saturated carbocycles. The molecule has 0 radical (unpaired) electrons. The van der Waals surface area contributed by atoms with Crippen molar-refractivity contribution in [3.63, 3.8) is 0 Å². The van der Waals surface area contributed by atoms with Gasteiger partial charge in [0.1, 0.15) is 6.04 Å². The quantitative estimate of drug-likeness (QED) is 0.662. The van der Waals surface area contributed by atoms with Crippen molar-refractivity contribution in [3.05, 3.63) is 0 Å². The molecule has 104 valence electrons. The van der Waals surface area contributed by atoms with Crippen molar-refractivity contribution in [1.29, 1.82) is 0 Å². The zero-order valence-corrected chi connectivity index (χ0v) is 11.1. The van der Waals surface area contributed by atoms with Crippen molar-refractivity contribution >= 4 is 12.0 Å². The third kappa shape index (κ3) is 4.18. The molecular weight excluding hydrogens is 236 g/mol. The van der Waals surface area contributed by atoms with Crippen LogP contribution in [0, 0.1) is 5.92 Å². The summed E-state index contributed by atoms with van der Waals surface area (Å²) in [5, 5.41) is 14.2. The largest absolute Gasteiger partial charge is 0.480 e. The zero-order chi connectivity index (χ0) is 13.7. The lowest BCUT2D eigenvalue weighted by atomic mass is 9.89. The molecule has 0 spiro atoms. The average Bonchev–Trinajstić information content (AvgIpc) is 2.22. The molecule has 6 heteroatoms. The summed E-state index contributed by atoms with van der Waals surface area (Å²) in [4.78, 5) is 22.5. The second kappa shape index (κ2) is 6.58. The lowest BCUT2D eigenvalue weighted by Gasteiger charge is -2.35. The summed E-state index contributed by atoms with van der Waals surface area (Å²) in [6, 6.07) is -1.19. The van der Waals surface area contributed by atoms with Gasteiger partial charge in [0, 0.05) is 12.6 Å². The molecule has 18 heavy (non-hydrogen) atoms. The van der Waals surface area contributed by atoms with Gasteiger partial charge in [-0.15, -0.1) is 0 Å². The van der Waals surface area contributed by atoms with Crippen LogP contribution in [0.2, 0.25) is 0 Å². The standard InChI is InChI=1S/C12H22N2O4/c1-4-18-9-5-8(6-9)13-12(17)14-10(7(2)3)11(15)16/h7-10H,4-6H2,1-3H3,(H,15,16)(H2,13,14,17). The molecule has 0 aromatic heterocycles. The second-order valence-corrected chi connectivity index (χ2v) is 4.92. The van der Waals surface area contributed by atoms with E-state index in [9.17, 15) is 9.59 Å². The predicted octanol–water partition coefficient (Wildman–Crippen LogP) is 0.962. The van der Waals surface area contributed by atoms with Crippen LogP contribution in [0.15, 0.2) is 0 Å². The van der Waals surface area contributed by atoms with Crippen LogP contribution < -0.4 is 10.6 Å². The summed E-state index contributed by atoms with van der Waals surface area (Å²) in [5.41, 5.74) is 0. The van der Waals surface area contributed by atoms with Crippen molar-refractivity contribution in [2.24, 2.45) is 5.92 Å². The number of rotatable bonds is 6. The molecule has 0 aliphatic heterocycles. The van der Waals surface area contributed by atoms with E-state index in [-0.39, 0.29) is 18.1 Å². The van der Waals surface area contributed by atoms with E-state index in [0.717, 1.165) is 12.8 Å². The van der Waals surface area contributed by atoms with Gasteiger partial charge in [-0.3, -0.25) is 0 Å². The summed E-state index contributed by atoms with van der Waals surface area (Å²) in [6.07, 6.45) is 1.81. The Morgan fingerprint density at radius 1 is 1.39 bits per heavy atom. The Bertz CT molecular complexity index is 300. The van der Waals surface area contributed by atoms with Crippen LogP contribution in [-0.2, 0) is 9.53 Å². The highest BCUT2D eigenvalue weighted by Gasteiger charge is 2.32. The minimum absolute atomic E-state index is 0.0863. The van der Waals surface area contributed by atoms with E-state index in [1.165, 1.54) is 0 Å². The molecule has 1 fully saturated rings. The fourth-order valence-electron chi connectivity index (χ4n) is 1.94. The van der Waals surface area contributed by atoms with E-state index in [4.69, 9.17) is 9.84 Å². The van der Waals surface area contributed by atoms with Crippen LogP contribution >= 0.6 is 0 Å². The summed E-state index contributed by atoms with van der Waals surface area (Å²) in [5.74, 6) is -1.16. The fourth-order valence-corrected chi connectivity index (χ4v) is 1.94. The Hall–Kier alpha value is -1.30. The number of hydrogen-bond acceptors (Lipinski definition) is 3. The lowest BCUT2D eigenvalue weighted by Crippen LogP contribution is -2.55. The van der Waals surface area contributed by atoms with E-state index >= 15 is 0 Å². The molecule has 0 saturated heterocycles. The van der Waals surface area contributed by atoms with Crippen molar-refractivity contribution in [1.82, 2.24) is 10.6 Å². The molecule has 0 aromatic carbocycles. The monoisotopic (exact) mass is 258 g/mol. The van der Waals surface area contributed by atoms with Gasteiger partial charge in [0.25, 0.3) is 0 Å². The maximum Gasteiger partial charge on any atom is 0.326 e. The highest BCUT2D eigenvalue weighted by atomic mass is 16.5. The van der Waals surface area contributed by atoms with E-state index in [0.29, 0.717) is 6.61 Å². The number of aliphatic carboxylic acids is 1. The summed E-state index contributed by atoms with van der Waals surface area (Å²) >= 11 is 0. The van der Waals surface area contributed by atoms with Crippen molar-refractivity contribution in [2.45, 2.75) is 51.8 Å². The van der Waals surface area contributed by atoms with Gasteiger partial charge in [0.05, 0.1) is 6.10 Å². The van der Waals surface area contributed by atoms with Gasteiger partial charge >= 0.3 is 12.0 Å². The average molecular weight is 258 g/mol. The van der Waals surface area contributed by atoms with Gasteiger partial charge in [0.15, 0.2) is 0 Å². The Kier molecular flexibility index (Phi) is 5.40. The number of ether oxygens (including phenoxy) is 1. The first-order valence-corrected chi connectivity index (χ1v) is 6.35. The smallest absolute Gasteiger partial charge is 0.326 e. The molecular formula is C12H22N2O4. The van der Waals surface area contributed by atoms with Gasteiger partial charge in [-0.25, -0.2) is 9.59 Å². The van der Waals surface area contributed by atoms with Crippen LogP contribution in [-0.4, -0.2) is 41.9 Å². The minimum atomic E-state index is -1.01. The van der Waals surface area contributed by atoms with Crippen molar-refractivity contribution in [2.75, 3.05) is 6.61 Å². The molecule has 0 bridgehead atoms. The Labute approximate surface area is 107 Å². The van der Waals surface area contributed by atoms with Crippen LogP contribution in [0.3, 0.4) is 0 Å². The van der Waals surface area contributed by atoms with Gasteiger partial charge < -0.3 is 20.5 Å². The Morgan fingerprint density at radius 2 is 2.00 bits per heavy atom. The van der Waals surface area contributed by atoms with Crippen molar-refractivity contribution < 1.29 is 19.4 Å². The van der Waals surface area contributed by atoms with Gasteiger partial charge in [0.2, 0.25) is 0 Å². The zero-order valence-electron chi connectivity index (χ0n) is 11.1. The SMILES string of the molecule is CCOC1CC(NC(=O)NC(C(=O)O)C(C)C)C1. The molecule has 1 unspecified atom stereocenters. The highest BCUT2D eigenvalue weighted by Crippen LogP contribution is 2.22. The second-order valence-electron chi connectivity index (χ2n) is 4.92. The molecule has 1 rings (SSSR count). The van der Waals surface area contributed by atoms with Gasteiger partial charge in [-0.2, -0.15) is 0 Å². The Morgan fingerprint density at radius 3 is 2.44 bits per heavy atom. The lowest BCUT2D eigenvalue weighted by molar-refractivity contribution is -0.140. The normalized spacial score (nSPS) is 24.2. The first-order valence-electron chi connectivity index (χ1n) is 6.35. The molecule has 1 aliphatic carbocycles. The number of carbonyl (C=O) groups is 2. The molecule has 1 atom stereocenters. The highest BCUT2D eigenvalue weighted by molar-refractivity contribution is 5.82. The van der Waals surface area contributed by atoms with Crippen LogP contribution in [0.4, 0.5) is 4.79 Å². The molecule has 0 aromatic rings. The number of nitrogens with one attached hydrogen (secondary N) is 2. The molecule has 6 nitrogen and oxygen atoms in total. The summed E-state index contributed by atoms with van der Waals surface area (Å²) < 4.78 is 5.38. The molecule has 2 amide bonds. The minimum Gasteiger partial charge on any atom is -0.480 e. The van der Waals surface area contributed by atoms with E-state index < -0.39 is 18.0 Å². The van der Waals surface area contributed by atoms with E-state index in [1.54, 1.807) is 13.8 Å². The van der Waals surface area contributed by atoms with E-state index in [1.807, 2.05) is 6.92 Å². The van der Waals surface area contributed by atoms with Gasteiger partial charge in [-0.05, 0) is 25.7 Å². The first-order chi connectivity index (χ1) is 8.43. The third-order valence-electron chi connectivity index (χ3n) is 3.05. The maximum absolute atomic E-state index is 11.6. The number of carboxylic acid groups (broad SMARTS) is 1. The number of urea groups is 1. The van der Waals surface area contributed by atoms with Gasteiger partial charge in [-0.1, -0.05) is 13.8 Å². The molecule has 0 heterocycles. The van der Waals surface area contributed by atoms with Crippen LogP contribution in [0.5, 0.6) is 0 Å². The number of carbonyl (C=O) groups excluding carboxylic acids is 1. The molecule has 3 N–H and O–H groups in total. The van der Waals surface area contributed by atoms with Crippen molar-refractivity contribution in [3.8, 4) is 0 Å². The summed E-state index contributed by atoms with van der Waals surface area (Å²) in [6.45, 7) is 6.13. The fraction of sp³-hybridized carbons (Fsp3) is 0.833. The maximum atomic E-state index is 11.6. The Balaban J connectivity index is 2.28.